The second-order valence-electron chi connectivity index (χ2n) is 14.4. The summed E-state index contributed by atoms with van der Waals surface area (Å²) >= 11 is 0. The predicted octanol–water partition coefficient (Wildman–Crippen LogP) is 10.2. The molecule has 0 fully saturated rings. The zero-order chi connectivity index (χ0) is 38.7. The summed E-state index contributed by atoms with van der Waals surface area (Å²) in [5, 5.41) is 3.97. The summed E-state index contributed by atoms with van der Waals surface area (Å²) in [6.07, 6.45) is 13.2. The van der Waals surface area contributed by atoms with Gasteiger partial charge in [0.15, 0.2) is 0 Å². The Bertz CT molecular complexity index is 2460. The SMILES string of the molecule is CCOc1ccc(/C2=C3\C=CC(N3)C(c3ccc(OCC)cc3)c3ccc([nH]3)C(c3ccccc3)=C3C=CC(=N3)C(c3ccc(OCC)cc3)C3C=CC2=N3)cc1. The van der Waals surface area contributed by atoms with Crippen LogP contribution in [-0.2, 0) is 0 Å². The fourth-order valence-electron chi connectivity index (χ4n) is 8.40. The van der Waals surface area contributed by atoms with E-state index in [2.05, 4.69) is 150 Å². The lowest BCUT2D eigenvalue weighted by Gasteiger charge is -2.25. The highest BCUT2D eigenvalue weighted by Crippen LogP contribution is 2.40. The number of ether oxygens (including phenoxy) is 3. The molecule has 0 spiro atoms. The molecule has 0 saturated carbocycles. The molecule has 4 aliphatic rings. The van der Waals surface area contributed by atoms with Gasteiger partial charge in [-0.05, 0) is 116 Å². The molecule has 4 aromatic carbocycles. The van der Waals surface area contributed by atoms with E-state index in [1.54, 1.807) is 0 Å². The largest absolute Gasteiger partial charge is 0.494 e. The van der Waals surface area contributed by atoms with Gasteiger partial charge in [-0.3, -0.25) is 9.98 Å². The first-order valence-corrected chi connectivity index (χ1v) is 20.0. The van der Waals surface area contributed by atoms with Crippen LogP contribution < -0.4 is 19.5 Å². The van der Waals surface area contributed by atoms with Crippen LogP contribution in [0.25, 0.3) is 11.1 Å². The van der Waals surface area contributed by atoms with Gasteiger partial charge >= 0.3 is 0 Å². The number of hydrogen-bond donors (Lipinski definition) is 2. The number of aliphatic imine (C=N–C) groups is 2. The third-order valence-electron chi connectivity index (χ3n) is 10.9. The Kier molecular flexibility index (Phi) is 10.0. The van der Waals surface area contributed by atoms with Gasteiger partial charge in [-0.2, -0.15) is 0 Å². The maximum atomic E-state index is 5.85. The molecule has 7 nitrogen and oxygen atoms in total. The fraction of sp³-hybridized carbons (Fsp3) is 0.200. The summed E-state index contributed by atoms with van der Waals surface area (Å²) in [4.78, 5) is 14.9. The molecule has 8 bridgehead atoms. The van der Waals surface area contributed by atoms with E-state index in [-0.39, 0.29) is 23.9 Å². The molecular formula is C50H46N4O3. The molecular weight excluding hydrogens is 705 g/mol. The molecule has 5 heterocycles. The summed E-state index contributed by atoms with van der Waals surface area (Å²) in [6, 6.07) is 40.0. The molecule has 284 valence electrons. The highest BCUT2D eigenvalue weighted by Gasteiger charge is 2.34. The van der Waals surface area contributed by atoms with Gasteiger partial charge in [0, 0.05) is 34.1 Å². The first-order valence-electron chi connectivity index (χ1n) is 20.0. The van der Waals surface area contributed by atoms with Crippen molar-refractivity contribution in [2.75, 3.05) is 19.8 Å². The first-order chi connectivity index (χ1) is 28.1. The van der Waals surface area contributed by atoms with E-state index in [1.165, 1.54) is 5.56 Å². The summed E-state index contributed by atoms with van der Waals surface area (Å²) in [5.74, 6) is 2.36. The van der Waals surface area contributed by atoms with Crippen molar-refractivity contribution in [3.05, 3.63) is 197 Å². The number of allylic oxidation sites excluding steroid dienone is 5. The lowest BCUT2D eigenvalue weighted by Crippen LogP contribution is -2.30. The van der Waals surface area contributed by atoms with E-state index in [1.807, 2.05) is 32.9 Å². The van der Waals surface area contributed by atoms with Crippen molar-refractivity contribution in [2.45, 2.75) is 44.7 Å². The number of benzene rings is 4. The molecule has 4 atom stereocenters. The van der Waals surface area contributed by atoms with Gasteiger partial charge in [0.05, 0.1) is 54.9 Å². The van der Waals surface area contributed by atoms with E-state index in [0.29, 0.717) is 19.8 Å². The molecule has 7 heteroatoms. The first kappa shape index (κ1) is 36.1. The number of nitrogens with zero attached hydrogens (tertiary/aromatic N) is 2. The van der Waals surface area contributed by atoms with Crippen LogP contribution in [0, 0.1) is 0 Å². The Morgan fingerprint density at radius 1 is 0.561 bits per heavy atom. The van der Waals surface area contributed by atoms with Crippen LogP contribution >= 0.6 is 0 Å². The number of fused-ring (bicyclic) bond motifs is 6. The average Bonchev–Trinajstić information content (AvgIpc) is 4.09. The maximum Gasteiger partial charge on any atom is 0.119 e. The molecule has 0 aliphatic carbocycles. The van der Waals surface area contributed by atoms with Crippen molar-refractivity contribution in [1.29, 1.82) is 0 Å². The number of H-pyrrole nitrogens is 1. The topological polar surface area (TPSA) is 80.2 Å². The van der Waals surface area contributed by atoms with Crippen molar-refractivity contribution < 1.29 is 14.2 Å². The standard InChI is InChI=1S/C50H46N4O3/c1-4-55-36-18-12-33(13-19-36)48-41-26-24-39(51-41)47(32-10-8-7-9-11-32)40-25-27-42(52-40)49(34-14-20-37(21-15-34)56-5-2)44-29-31-46(54-44)50(45-30-28-43(48)53-45)35-16-22-38(23-17-35)57-6-3/h7-31,43-44,48-49,51,53H,4-6H2,1-3H3/b47-40?,50-45-. The summed E-state index contributed by atoms with van der Waals surface area (Å²) < 4.78 is 17.5. The van der Waals surface area contributed by atoms with Crippen LogP contribution in [0.1, 0.15) is 66.2 Å². The van der Waals surface area contributed by atoms with Gasteiger partial charge in [-0.1, -0.05) is 78.9 Å². The van der Waals surface area contributed by atoms with Gasteiger partial charge in [0.1, 0.15) is 17.2 Å². The van der Waals surface area contributed by atoms with Gasteiger partial charge in [0.2, 0.25) is 0 Å². The smallest absolute Gasteiger partial charge is 0.119 e. The minimum atomic E-state index is -0.193. The van der Waals surface area contributed by atoms with Crippen LogP contribution in [0.4, 0.5) is 0 Å². The van der Waals surface area contributed by atoms with Crippen LogP contribution in [-0.4, -0.2) is 48.3 Å². The molecule has 57 heavy (non-hydrogen) atoms. The third kappa shape index (κ3) is 7.17. The van der Waals surface area contributed by atoms with E-state index in [4.69, 9.17) is 24.2 Å². The minimum absolute atomic E-state index is 0.0456. The molecule has 0 amide bonds. The summed E-state index contributed by atoms with van der Waals surface area (Å²) in [5.41, 5.74) is 12.5. The lowest BCUT2D eigenvalue weighted by atomic mass is 9.87. The Balaban J connectivity index is 1.25. The van der Waals surface area contributed by atoms with E-state index >= 15 is 0 Å². The van der Waals surface area contributed by atoms with Gasteiger partial charge in [-0.15, -0.1) is 0 Å². The van der Waals surface area contributed by atoms with Gasteiger partial charge in [0.25, 0.3) is 0 Å². The quantitative estimate of drug-likeness (QED) is 0.149. The second kappa shape index (κ2) is 15.9. The van der Waals surface area contributed by atoms with Crippen molar-refractivity contribution in [3.8, 4) is 17.2 Å². The normalized spacial score (nSPS) is 22.0. The molecule has 5 aromatic rings. The van der Waals surface area contributed by atoms with E-state index < -0.39 is 0 Å². The predicted molar refractivity (Wildman–Crippen MR) is 231 cm³/mol. The van der Waals surface area contributed by atoms with Crippen LogP contribution in [0.15, 0.2) is 173 Å². The number of hydrogen-bond acceptors (Lipinski definition) is 6. The zero-order valence-corrected chi connectivity index (χ0v) is 32.5. The molecule has 9 rings (SSSR count). The number of rotatable bonds is 10. The van der Waals surface area contributed by atoms with Crippen LogP contribution in [0.2, 0.25) is 0 Å². The molecule has 1 aromatic heterocycles. The highest BCUT2D eigenvalue weighted by molar-refractivity contribution is 6.31. The fourth-order valence-corrected chi connectivity index (χ4v) is 8.40. The van der Waals surface area contributed by atoms with Crippen molar-refractivity contribution in [2.24, 2.45) is 9.98 Å². The number of nitrogens with one attached hydrogen (secondary N) is 2. The second-order valence-corrected chi connectivity index (χ2v) is 14.4. The van der Waals surface area contributed by atoms with Crippen molar-refractivity contribution in [3.63, 3.8) is 0 Å². The van der Waals surface area contributed by atoms with Crippen LogP contribution in [0.5, 0.6) is 17.2 Å². The number of aromatic nitrogens is 1. The average molecular weight is 751 g/mol. The van der Waals surface area contributed by atoms with E-state index in [0.717, 1.165) is 79.3 Å². The minimum Gasteiger partial charge on any atom is -0.494 e. The number of aromatic amines is 1. The zero-order valence-electron chi connectivity index (χ0n) is 32.5. The lowest BCUT2D eigenvalue weighted by molar-refractivity contribution is 0.340. The highest BCUT2D eigenvalue weighted by atomic mass is 16.5. The molecule has 0 saturated heterocycles. The van der Waals surface area contributed by atoms with E-state index in [9.17, 15) is 0 Å². The third-order valence-corrected chi connectivity index (χ3v) is 10.9. The molecule has 0 radical (unpaired) electrons. The Labute approximate surface area is 334 Å². The Hall–Kier alpha value is -6.60. The van der Waals surface area contributed by atoms with Crippen molar-refractivity contribution >= 4 is 22.6 Å². The summed E-state index contributed by atoms with van der Waals surface area (Å²) in [6.45, 7) is 7.86. The monoisotopic (exact) mass is 750 g/mol. The molecule has 4 aliphatic heterocycles. The molecule has 2 N–H and O–H groups in total. The van der Waals surface area contributed by atoms with Crippen LogP contribution in [0.3, 0.4) is 0 Å². The Morgan fingerprint density at radius 3 is 1.82 bits per heavy atom. The van der Waals surface area contributed by atoms with Gasteiger partial charge in [-0.25, -0.2) is 0 Å². The van der Waals surface area contributed by atoms with Gasteiger partial charge < -0.3 is 24.5 Å². The van der Waals surface area contributed by atoms with Crippen molar-refractivity contribution in [1.82, 2.24) is 10.3 Å². The maximum absolute atomic E-state index is 5.85. The Morgan fingerprint density at radius 2 is 1.18 bits per heavy atom. The summed E-state index contributed by atoms with van der Waals surface area (Å²) in [7, 11) is 0. The molecule has 4 unspecified atom stereocenters.